The third kappa shape index (κ3) is 2.41. The van der Waals surface area contributed by atoms with Gasteiger partial charge in [-0.3, -0.25) is 0 Å². The Labute approximate surface area is 80.3 Å². The summed E-state index contributed by atoms with van der Waals surface area (Å²) in [6, 6.07) is 8.14. The molecule has 0 aliphatic carbocycles. The molecule has 0 radical (unpaired) electrons. The lowest BCUT2D eigenvalue weighted by molar-refractivity contribution is 0.588. The van der Waals surface area contributed by atoms with Crippen molar-refractivity contribution in [2.24, 2.45) is 5.41 Å². The molecule has 0 fully saturated rings. The van der Waals surface area contributed by atoms with Crippen LogP contribution >= 0.6 is 0 Å². The molecule has 70 valence electrons. The second-order valence-electron chi connectivity index (χ2n) is 4.49. The molecule has 0 heterocycles. The Kier molecular flexibility index (Phi) is 2.55. The van der Waals surface area contributed by atoms with Crippen molar-refractivity contribution in [1.82, 2.24) is 0 Å². The molecule has 0 atom stereocenters. The molecule has 1 nitrogen and oxygen atoms in total. The van der Waals surface area contributed by atoms with E-state index >= 15 is 0 Å². The molecule has 1 rings (SSSR count). The SMILES string of the molecule is Cc1ccc(C(=N)C(C)(C)C)cc1. The minimum atomic E-state index is -0.0603. The van der Waals surface area contributed by atoms with Gasteiger partial charge in [0.1, 0.15) is 0 Å². The molecule has 0 aliphatic heterocycles. The molecule has 1 aromatic rings. The van der Waals surface area contributed by atoms with Crippen LogP contribution in [0.3, 0.4) is 0 Å². The van der Waals surface area contributed by atoms with Gasteiger partial charge >= 0.3 is 0 Å². The molecule has 1 heteroatoms. The summed E-state index contributed by atoms with van der Waals surface area (Å²) in [5.41, 5.74) is 2.91. The third-order valence-electron chi connectivity index (χ3n) is 2.09. The number of hydrogen-bond donors (Lipinski definition) is 1. The summed E-state index contributed by atoms with van der Waals surface area (Å²) in [7, 11) is 0. The topological polar surface area (TPSA) is 23.9 Å². The zero-order valence-corrected chi connectivity index (χ0v) is 8.81. The van der Waals surface area contributed by atoms with E-state index in [1.807, 2.05) is 12.1 Å². The van der Waals surface area contributed by atoms with Gasteiger partial charge in [-0.1, -0.05) is 50.6 Å². The van der Waals surface area contributed by atoms with Crippen molar-refractivity contribution in [3.63, 3.8) is 0 Å². The monoisotopic (exact) mass is 175 g/mol. The number of rotatable bonds is 1. The van der Waals surface area contributed by atoms with Gasteiger partial charge in [0.05, 0.1) is 0 Å². The van der Waals surface area contributed by atoms with E-state index in [9.17, 15) is 0 Å². The van der Waals surface area contributed by atoms with Gasteiger partial charge in [-0.15, -0.1) is 0 Å². The molecule has 0 amide bonds. The van der Waals surface area contributed by atoms with Crippen molar-refractivity contribution < 1.29 is 0 Å². The highest BCUT2D eigenvalue weighted by molar-refractivity contribution is 6.01. The van der Waals surface area contributed by atoms with Crippen LogP contribution in [-0.4, -0.2) is 5.71 Å². The first-order valence-electron chi connectivity index (χ1n) is 4.57. The van der Waals surface area contributed by atoms with Crippen LogP contribution in [-0.2, 0) is 0 Å². The zero-order chi connectivity index (χ0) is 10.1. The van der Waals surface area contributed by atoms with E-state index in [0.717, 1.165) is 5.56 Å². The van der Waals surface area contributed by atoms with E-state index < -0.39 is 0 Å². The highest BCUT2D eigenvalue weighted by atomic mass is 14.5. The zero-order valence-electron chi connectivity index (χ0n) is 8.81. The minimum absolute atomic E-state index is 0.0603. The van der Waals surface area contributed by atoms with Crippen LogP contribution in [0.4, 0.5) is 0 Å². The van der Waals surface area contributed by atoms with Crippen LogP contribution in [0.25, 0.3) is 0 Å². The Bertz CT molecular complexity index is 301. The van der Waals surface area contributed by atoms with E-state index in [2.05, 4.69) is 39.8 Å². The van der Waals surface area contributed by atoms with Crippen LogP contribution < -0.4 is 0 Å². The Hall–Kier alpha value is -1.11. The van der Waals surface area contributed by atoms with Gasteiger partial charge in [-0.05, 0) is 12.5 Å². The summed E-state index contributed by atoms with van der Waals surface area (Å²) >= 11 is 0. The first kappa shape index (κ1) is 9.97. The Morgan fingerprint density at radius 3 is 1.92 bits per heavy atom. The molecule has 13 heavy (non-hydrogen) atoms. The second kappa shape index (κ2) is 3.33. The van der Waals surface area contributed by atoms with Crippen molar-refractivity contribution in [3.05, 3.63) is 35.4 Å². The smallest absolute Gasteiger partial charge is 0.0439 e. The van der Waals surface area contributed by atoms with Crippen molar-refractivity contribution in [1.29, 1.82) is 5.41 Å². The number of nitrogens with one attached hydrogen (secondary N) is 1. The van der Waals surface area contributed by atoms with Crippen LogP contribution in [0.2, 0.25) is 0 Å². The Morgan fingerprint density at radius 1 is 1.08 bits per heavy atom. The quantitative estimate of drug-likeness (QED) is 0.632. The number of aryl methyl sites for hydroxylation is 1. The molecular formula is C12H17N. The highest BCUT2D eigenvalue weighted by Gasteiger charge is 2.18. The second-order valence-corrected chi connectivity index (χ2v) is 4.49. The molecule has 0 spiro atoms. The Balaban J connectivity index is 2.97. The average Bonchev–Trinajstić information content (AvgIpc) is 2.03. The highest BCUT2D eigenvalue weighted by Crippen LogP contribution is 2.20. The fourth-order valence-corrected chi connectivity index (χ4v) is 1.15. The van der Waals surface area contributed by atoms with Gasteiger partial charge < -0.3 is 5.41 Å². The molecule has 0 aliphatic rings. The largest absolute Gasteiger partial charge is 0.304 e. The molecule has 0 bridgehead atoms. The van der Waals surface area contributed by atoms with Gasteiger partial charge in [0.25, 0.3) is 0 Å². The van der Waals surface area contributed by atoms with Gasteiger partial charge in [-0.2, -0.15) is 0 Å². The maximum absolute atomic E-state index is 7.95. The van der Waals surface area contributed by atoms with Crippen molar-refractivity contribution in [2.75, 3.05) is 0 Å². The Morgan fingerprint density at radius 2 is 1.54 bits per heavy atom. The summed E-state index contributed by atoms with van der Waals surface area (Å²) in [4.78, 5) is 0. The predicted molar refractivity (Wildman–Crippen MR) is 57.5 cm³/mol. The van der Waals surface area contributed by atoms with Gasteiger partial charge in [0, 0.05) is 11.1 Å². The van der Waals surface area contributed by atoms with Gasteiger partial charge in [0.15, 0.2) is 0 Å². The van der Waals surface area contributed by atoms with E-state index in [1.165, 1.54) is 5.56 Å². The summed E-state index contributed by atoms with van der Waals surface area (Å²) in [5, 5.41) is 7.95. The third-order valence-corrected chi connectivity index (χ3v) is 2.09. The van der Waals surface area contributed by atoms with Crippen LogP contribution in [0.5, 0.6) is 0 Å². The molecule has 0 saturated carbocycles. The summed E-state index contributed by atoms with van der Waals surface area (Å²) in [5.74, 6) is 0. The van der Waals surface area contributed by atoms with E-state index in [-0.39, 0.29) is 5.41 Å². The lowest BCUT2D eigenvalue weighted by atomic mass is 9.85. The molecular weight excluding hydrogens is 158 g/mol. The van der Waals surface area contributed by atoms with Crippen LogP contribution in [0, 0.1) is 17.7 Å². The first-order chi connectivity index (χ1) is 5.91. The maximum atomic E-state index is 7.95. The fraction of sp³-hybridized carbons (Fsp3) is 0.417. The average molecular weight is 175 g/mol. The number of hydrogen-bond acceptors (Lipinski definition) is 1. The summed E-state index contributed by atoms with van der Waals surface area (Å²) in [6.45, 7) is 8.25. The van der Waals surface area contributed by atoms with E-state index in [4.69, 9.17) is 5.41 Å². The summed E-state index contributed by atoms with van der Waals surface area (Å²) in [6.07, 6.45) is 0. The minimum Gasteiger partial charge on any atom is -0.304 e. The fourth-order valence-electron chi connectivity index (χ4n) is 1.15. The van der Waals surface area contributed by atoms with E-state index in [0.29, 0.717) is 5.71 Å². The van der Waals surface area contributed by atoms with Crippen molar-refractivity contribution in [2.45, 2.75) is 27.7 Å². The molecule has 0 aromatic heterocycles. The normalized spacial score (nSPS) is 11.4. The van der Waals surface area contributed by atoms with Gasteiger partial charge in [-0.25, -0.2) is 0 Å². The first-order valence-corrected chi connectivity index (χ1v) is 4.57. The number of benzene rings is 1. The molecule has 1 aromatic carbocycles. The van der Waals surface area contributed by atoms with Crippen LogP contribution in [0.15, 0.2) is 24.3 Å². The van der Waals surface area contributed by atoms with Crippen molar-refractivity contribution >= 4 is 5.71 Å². The molecule has 0 saturated heterocycles. The maximum Gasteiger partial charge on any atom is 0.0439 e. The predicted octanol–water partition coefficient (Wildman–Crippen LogP) is 3.41. The molecule has 1 N–H and O–H groups in total. The lowest BCUT2D eigenvalue weighted by Gasteiger charge is -2.19. The van der Waals surface area contributed by atoms with Gasteiger partial charge in [0.2, 0.25) is 0 Å². The van der Waals surface area contributed by atoms with Crippen LogP contribution in [0.1, 0.15) is 31.9 Å². The van der Waals surface area contributed by atoms with Crippen molar-refractivity contribution in [3.8, 4) is 0 Å². The van der Waals surface area contributed by atoms with E-state index in [1.54, 1.807) is 0 Å². The lowest BCUT2D eigenvalue weighted by Crippen LogP contribution is -2.20. The molecule has 0 unspecified atom stereocenters. The standard InChI is InChI=1S/C12H17N/c1-9-5-7-10(8-6-9)11(13)12(2,3)4/h5-8,13H,1-4H3. The summed E-state index contributed by atoms with van der Waals surface area (Å²) < 4.78 is 0.